The first-order chi connectivity index (χ1) is 12.5. The van der Waals surface area contributed by atoms with Crippen LogP contribution in [0, 0.1) is 5.92 Å². The number of carbonyl (C=O) groups is 1. The van der Waals surface area contributed by atoms with E-state index in [9.17, 15) is 4.79 Å². The molecule has 2 N–H and O–H groups in total. The largest absolute Gasteiger partial charge is 0.332 e. The first-order valence-corrected chi connectivity index (χ1v) is 9.61. The van der Waals surface area contributed by atoms with Crippen molar-refractivity contribution in [3.63, 3.8) is 0 Å². The third-order valence-electron chi connectivity index (χ3n) is 3.61. The molecule has 1 aromatic carbocycles. The molecule has 3 aromatic rings. The van der Waals surface area contributed by atoms with Gasteiger partial charge in [0.2, 0.25) is 10.9 Å². The summed E-state index contributed by atoms with van der Waals surface area (Å²) in [6.07, 6.45) is 1.23. The number of nitrogens with zero attached hydrogens (tertiary/aromatic N) is 4. The number of amides is 1. The van der Waals surface area contributed by atoms with Crippen molar-refractivity contribution in [1.29, 1.82) is 0 Å². The molecule has 0 spiro atoms. The number of aryl methyl sites for hydroxylation is 1. The van der Waals surface area contributed by atoms with Gasteiger partial charge in [-0.05, 0) is 42.4 Å². The number of carbonyl (C=O) groups excluding carboxylic acids is 1. The average Bonchev–Trinajstić information content (AvgIpc) is 3.14. The summed E-state index contributed by atoms with van der Waals surface area (Å²) in [4.78, 5) is 12.5. The molecule has 0 aliphatic rings. The van der Waals surface area contributed by atoms with E-state index in [0.29, 0.717) is 17.5 Å². The topological polar surface area (TPSA) is 84.2 Å². The van der Waals surface area contributed by atoms with E-state index >= 15 is 0 Å². The van der Waals surface area contributed by atoms with E-state index < -0.39 is 0 Å². The summed E-state index contributed by atoms with van der Waals surface area (Å²) in [7, 11) is 0. The van der Waals surface area contributed by atoms with E-state index in [0.717, 1.165) is 33.5 Å². The van der Waals surface area contributed by atoms with Crippen LogP contribution in [-0.2, 0) is 11.2 Å². The predicted octanol–water partition coefficient (Wildman–Crippen LogP) is 3.27. The van der Waals surface area contributed by atoms with Crippen LogP contribution in [0.4, 0.5) is 5.69 Å². The highest BCUT2D eigenvalue weighted by Crippen LogP contribution is 2.26. The Balaban J connectivity index is 1.66. The Labute approximate surface area is 160 Å². The zero-order chi connectivity index (χ0) is 18.7. The Morgan fingerprint density at radius 3 is 2.65 bits per heavy atom. The second-order valence-electron chi connectivity index (χ2n) is 6.25. The molecule has 0 unspecified atom stereocenters. The predicted molar refractivity (Wildman–Crippen MR) is 107 cm³/mol. The Bertz CT molecular complexity index is 929. The Kier molecular flexibility index (Phi) is 5.58. The maximum Gasteiger partial charge on any atom is 0.234 e. The first kappa shape index (κ1) is 18.4. The van der Waals surface area contributed by atoms with Gasteiger partial charge in [-0.25, -0.2) is 0 Å². The van der Waals surface area contributed by atoms with Gasteiger partial charge in [0.15, 0.2) is 10.9 Å². The molecule has 0 aliphatic heterocycles. The molecule has 2 heterocycles. The lowest BCUT2D eigenvalue weighted by atomic mass is 10.1. The van der Waals surface area contributed by atoms with E-state index in [2.05, 4.69) is 25.9 Å². The molecule has 26 heavy (non-hydrogen) atoms. The number of hydrogen-bond donors (Lipinski definition) is 2. The maximum atomic E-state index is 11.7. The van der Waals surface area contributed by atoms with Gasteiger partial charge in [-0.1, -0.05) is 32.1 Å². The van der Waals surface area contributed by atoms with Gasteiger partial charge in [0.05, 0.1) is 0 Å². The Morgan fingerprint density at radius 2 is 2.00 bits per heavy atom. The smallest absolute Gasteiger partial charge is 0.234 e. The molecule has 0 saturated carbocycles. The lowest BCUT2D eigenvalue weighted by Crippen LogP contribution is -2.34. The van der Waals surface area contributed by atoms with Crippen molar-refractivity contribution in [3.8, 4) is 10.6 Å². The first-order valence-electron chi connectivity index (χ1n) is 8.38. The van der Waals surface area contributed by atoms with Gasteiger partial charge < -0.3 is 10.6 Å². The van der Waals surface area contributed by atoms with Crippen LogP contribution in [0.1, 0.15) is 33.0 Å². The van der Waals surface area contributed by atoms with Gasteiger partial charge in [-0.3, -0.25) is 4.79 Å². The lowest BCUT2D eigenvalue weighted by molar-refractivity contribution is -0.120. The van der Waals surface area contributed by atoms with Gasteiger partial charge in [0.1, 0.15) is 5.01 Å². The third kappa shape index (κ3) is 4.23. The second kappa shape index (κ2) is 7.88. The number of thiocarbonyl (C=S) groups is 1. The van der Waals surface area contributed by atoms with E-state index in [-0.39, 0.29) is 5.91 Å². The summed E-state index contributed by atoms with van der Waals surface area (Å²) in [5, 5.41) is 19.7. The molecule has 0 fully saturated rings. The average molecular weight is 389 g/mol. The van der Waals surface area contributed by atoms with E-state index in [1.54, 1.807) is 4.52 Å². The Hall–Kier alpha value is -2.39. The zero-order valence-corrected chi connectivity index (χ0v) is 16.4. The Morgan fingerprint density at radius 1 is 1.27 bits per heavy atom. The fourth-order valence-electron chi connectivity index (χ4n) is 2.40. The monoisotopic (exact) mass is 388 g/mol. The quantitative estimate of drug-likeness (QED) is 0.653. The number of fused-ring (bicyclic) bond motifs is 1. The molecule has 1 amide bonds. The molecular formula is C17H20N6OS2. The minimum Gasteiger partial charge on any atom is -0.332 e. The molecule has 0 bridgehead atoms. The lowest BCUT2D eigenvalue weighted by Gasteiger charge is -2.10. The van der Waals surface area contributed by atoms with Crippen LogP contribution in [0.2, 0.25) is 0 Å². The molecule has 3 rings (SSSR count). The van der Waals surface area contributed by atoms with Crippen LogP contribution in [-0.4, -0.2) is 30.8 Å². The molecule has 0 aliphatic carbocycles. The number of nitrogens with one attached hydrogen (secondary N) is 2. The number of aromatic nitrogens is 4. The molecule has 0 atom stereocenters. The van der Waals surface area contributed by atoms with Gasteiger partial charge in [-0.2, -0.15) is 9.61 Å². The zero-order valence-electron chi connectivity index (χ0n) is 14.8. The molecule has 9 heteroatoms. The number of hydrogen-bond acceptors (Lipinski definition) is 6. The summed E-state index contributed by atoms with van der Waals surface area (Å²) < 4.78 is 1.78. The number of benzene rings is 1. The van der Waals surface area contributed by atoms with E-state index in [1.165, 1.54) is 11.3 Å². The van der Waals surface area contributed by atoms with Crippen molar-refractivity contribution >= 4 is 45.2 Å². The van der Waals surface area contributed by atoms with Crippen LogP contribution >= 0.6 is 23.6 Å². The normalized spacial score (nSPS) is 11.1. The van der Waals surface area contributed by atoms with E-state index in [4.69, 9.17) is 12.2 Å². The van der Waals surface area contributed by atoms with E-state index in [1.807, 2.05) is 45.0 Å². The number of anilines is 1. The van der Waals surface area contributed by atoms with Crippen molar-refractivity contribution in [1.82, 2.24) is 25.1 Å². The van der Waals surface area contributed by atoms with Crippen molar-refractivity contribution in [3.05, 3.63) is 30.1 Å². The third-order valence-corrected chi connectivity index (χ3v) is 4.76. The highest BCUT2D eigenvalue weighted by molar-refractivity contribution is 7.80. The van der Waals surface area contributed by atoms with Crippen LogP contribution < -0.4 is 10.6 Å². The minimum atomic E-state index is -0.0828. The summed E-state index contributed by atoms with van der Waals surface area (Å²) >= 11 is 6.67. The highest BCUT2D eigenvalue weighted by atomic mass is 32.1. The fraction of sp³-hybridized carbons (Fsp3) is 0.353. The van der Waals surface area contributed by atoms with Gasteiger partial charge in [0, 0.05) is 24.1 Å². The van der Waals surface area contributed by atoms with Crippen LogP contribution in [0.3, 0.4) is 0 Å². The molecule has 2 aromatic heterocycles. The standard InChI is InChI=1S/C17H20N6OS2/c1-4-13-20-21-17-23(13)22-15(26-17)11-5-7-12(8-6-11)18-16(25)19-14(24)9-10(2)3/h5-8,10H,4,9H2,1-3H3,(H2,18,19,24,25). The molecule has 136 valence electrons. The fourth-order valence-corrected chi connectivity index (χ4v) is 3.50. The molecule has 0 radical (unpaired) electrons. The SMILES string of the molecule is CCc1nnc2sc(-c3ccc(NC(=S)NC(=O)CC(C)C)cc3)nn12. The van der Waals surface area contributed by atoms with Gasteiger partial charge in [0.25, 0.3) is 0 Å². The van der Waals surface area contributed by atoms with Crippen molar-refractivity contribution in [2.75, 3.05) is 5.32 Å². The van der Waals surface area contributed by atoms with Crippen molar-refractivity contribution in [2.45, 2.75) is 33.6 Å². The summed E-state index contributed by atoms with van der Waals surface area (Å²) in [6, 6.07) is 7.72. The van der Waals surface area contributed by atoms with Gasteiger partial charge >= 0.3 is 0 Å². The molecular weight excluding hydrogens is 368 g/mol. The molecule has 0 saturated heterocycles. The summed E-state index contributed by atoms with van der Waals surface area (Å²) in [6.45, 7) is 6.01. The summed E-state index contributed by atoms with van der Waals surface area (Å²) in [5.74, 6) is 1.06. The maximum absolute atomic E-state index is 11.7. The van der Waals surface area contributed by atoms with Crippen LogP contribution in [0.5, 0.6) is 0 Å². The number of rotatable bonds is 5. The minimum absolute atomic E-state index is 0.0828. The van der Waals surface area contributed by atoms with Crippen molar-refractivity contribution in [2.24, 2.45) is 5.92 Å². The highest BCUT2D eigenvalue weighted by Gasteiger charge is 2.12. The van der Waals surface area contributed by atoms with Crippen LogP contribution in [0.25, 0.3) is 15.5 Å². The molecule has 7 nitrogen and oxygen atoms in total. The van der Waals surface area contributed by atoms with Crippen molar-refractivity contribution < 1.29 is 4.79 Å². The summed E-state index contributed by atoms with van der Waals surface area (Å²) in [5.41, 5.74) is 1.80. The van der Waals surface area contributed by atoms with Gasteiger partial charge in [-0.15, -0.1) is 10.2 Å². The second-order valence-corrected chi connectivity index (χ2v) is 7.61. The van der Waals surface area contributed by atoms with Crippen LogP contribution in [0.15, 0.2) is 24.3 Å².